The third-order valence-corrected chi connectivity index (χ3v) is 5.47. The molecule has 2 N–H and O–H groups in total. The van der Waals surface area contributed by atoms with E-state index in [0.717, 1.165) is 19.4 Å². The zero-order valence-electron chi connectivity index (χ0n) is 9.44. The Bertz CT molecular complexity index is 350. The molecule has 0 bridgehead atoms. The SMILES string of the molecule is CC1(C)CCCN1C1CS(=O)(=O)CC1N. The molecule has 2 rings (SSSR count). The molecule has 88 valence electrons. The van der Waals surface area contributed by atoms with Crippen LogP contribution in [0.15, 0.2) is 0 Å². The Morgan fingerprint density at radius 1 is 1.33 bits per heavy atom. The summed E-state index contributed by atoms with van der Waals surface area (Å²) in [6.07, 6.45) is 2.28. The summed E-state index contributed by atoms with van der Waals surface area (Å²) in [7, 11) is -2.90. The van der Waals surface area contributed by atoms with E-state index in [1.54, 1.807) is 0 Å². The largest absolute Gasteiger partial charge is 0.325 e. The number of hydrogen-bond donors (Lipinski definition) is 1. The first-order valence-electron chi connectivity index (χ1n) is 5.55. The second-order valence-electron chi connectivity index (χ2n) is 5.42. The van der Waals surface area contributed by atoms with Crippen LogP contribution >= 0.6 is 0 Å². The van der Waals surface area contributed by atoms with Gasteiger partial charge in [0.05, 0.1) is 11.5 Å². The van der Waals surface area contributed by atoms with E-state index in [-0.39, 0.29) is 29.1 Å². The third-order valence-electron chi connectivity index (χ3n) is 3.73. The number of sulfone groups is 1. The van der Waals surface area contributed by atoms with Crippen LogP contribution in [0.1, 0.15) is 26.7 Å². The van der Waals surface area contributed by atoms with Gasteiger partial charge in [-0.2, -0.15) is 0 Å². The molecular formula is C10H20N2O2S. The van der Waals surface area contributed by atoms with Crippen LogP contribution in [0.4, 0.5) is 0 Å². The van der Waals surface area contributed by atoms with Gasteiger partial charge in [0.15, 0.2) is 9.84 Å². The molecule has 4 nitrogen and oxygen atoms in total. The molecule has 0 aromatic heterocycles. The molecule has 0 aliphatic carbocycles. The average Bonchev–Trinajstić information content (AvgIpc) is 2.51. The van der Waals surface area contributed by atoms with Crippen molar-refractivity contribution in [2.24, 2.45) is 5.73 Å². The van der Waals surface area contributed by atoms with Gasteiger partial charge >= 0.3 is 0 Å². The highest BCUT2D eigenvalue weighted by Gasteiger charge is 2.45. The molecule has 2 fully saturated rings. The van der Waals surface area contributed by atoms with Gasteiger partial charge in [0.25, 0.3) is 0 Å². The Kier molecular flexibility index (Phi) is 2.60. The maximum atomic E-state index is 11.5. The molecule has 0 radical (unpaired) electrons. The zero-order valence-corrected chi connectivity index (χ0v) is 10.3. The van der Waals surface area contributed by atoms with Crippen LogP contribution in [0.3, 0.4) is 0 Å². The van der Waals surface area contributed by atoms with Crippen LogP contribution < -0.4 is 5.73 Å². The van der Waals surface area contributed by atoms with Gasteiger partial charge in [-0.05, 0) is 33.2 Å². The maximum absolute atomic E-state index is 11.5. The minimum atomic E-state index is -2.90. The minimum absolute atomic E-state index is 0.0347. The van der Waals surface area contributed by atoms with Gasteiger partial charge in [-0.3, -0.25) is 4.90 Å². The van der Waals surface area contributed by atoms with Gasteiger partial charge in [-0.25, -0.2) is 8.42 Å². The molecule has 15 heavy (non-hydrogen) atoms. The van der Waals surface area contributed by atoms with Crippen LogP contribution in [-0.2, 0) is 9.84 Å². The van der Waals surface area contributed by atoms with Crippen molar-refractivity contribution >= 4 is 9.84 Å². The van der Waals surface area contributed by atoms with Gasteiger partial charge in [-0.1, -0.05) is 0 Å². The third kappa shape index (κ3) is 2.05. The fourth-order valence-electron chi connectivity index (χ4n) is 2.92. The minimum Gasteiger partial charge on any atom is -0.325 e. The number of hydrogen-bond acceptors (Lipinski definition) is 4. The molecule has 0 spiro atoms. The van der Waals surface area contributed by atoms with Crippen LogP contribution in [0, 0.1) is 0 Å². The fourth-order valence-corrected chi connectivity index (χ4v) is 4.81. The smallest absolute Gasteiger partial charge is 0.153 e. The molecule has 0 saturated carbocycles. The Labute approximate surface area is 91.7 Å². The maximum Gasteiger partial charge on any atom is 0.153 e. The van der Waals surface area contributed by atoms with Crippen LogP contribution in [-0.4, -0.2) is 49.0 Å². The van der Waals surface area contributed by atoms with E-state index in [9.17, 15) is 8.42 Å². The topological polar surface area (TPSA) is 63.4 Å². The summed E-state index contributed by atoms with van der Waals surface area (Å²) in [5.41, 5.74) is 6.05. The Morgan fingerprint density at radius 2 is 2.00 bits per heavy atom. The summed E-state index contributed by atoms with van der Waals surface area (Å²) in [5, 5.41) is 0. The van der Waals surface area contributed by atoms with Gasteiger partial charge in [0.1, 0.15) is 0 Å². The van der Waals surface area contributed by atoms with Crippen LogP contribution in [0.25, 0.3) is 0 Å². The van der Waals surface area contributed by atoms with Crippen molar-refractivity contribution in [2.45, 2.75) is 44.3 Å². The lowest BCUT2D eigenvalue weighted by Crippen LogP contribution is -2.53. The molecule has 2 atom stereocenters. The lowest BCUT2D eigenvalue weighted by Gasteiger charge is -2.37. The van der Waals surface area contributed by atoms with Crippen molar-refractivity contribution in [1.29, 1.82) is 0 Å². The zero-order chi connectivity index (χ0) is 11.3. The van der Waals surface area contributed by atoms with Crippen molar-refractivity contribution in [2.75, 3.05) is 18.1 Å². The normalized spacial score (nSPS) is 39.7. The number of rotatable bonds is 1. The molecule has 5 heteroatoms. The van der Waals surface area contributed by atoms with E-state index in [4.69, 9.17) is 5.73 Å². The Morgan fingerprint density at radius 3 is 2.40 bits per heavy atom. The molecule has 2 heterocycles. The first-order chi connectivity index (χ1) is 6.82. The summed E-state index contributed by atoms with van der Waals surface area (Å²) in [5.74, 6) is 0.405. The first kappa shape index (κ1) is 11.4. The fraction of sp³-hybridized carbons (Fsp3) is 1.00. The number of nitrogens with zero attached hydrogens (tertiary/aromatic N) is 1. The van der Waals surface area contributed by atoms with Gasteiger partial charge < -0.3 is 5.73 Å². The van der Waals surface area contributed by atoms with E-state index in [0.29, 0.717) is 0 Å². The second kappa shape index (κ2) is 3.43. The van der Waals surface area contributed by atoms with Gasteiger partial charge in [-0.15, -0.1) is 0 Å². The summed E-state index contributed by atoms with van der Waals surface area (Å²) in [4.78, 5) is 2.29. The summed E-state index contributed by atoms with van der Waals surface area (Å²) < 4.78 is 23.0. The Balaban J connectivity index is 2.19. The summed E-state index contributed by atoms with van der Waals surface area (Å²) in [6.45, 7) is 5.34. The first-order valence-corrected chi connectivity index (χ1v) is 7.37. The molecule has 0 amide bonds. The molecule has 2 saturated heterocycles. The van der Waals surface area contributed by atoms with E-state index < -0.39 is 9.84 Å². The van der Waals surface area contributed by atoms with E-state index in [1.807, 2.05) is 0 Å². The van der Waals surface area contributed by atoms with Crippen LogP contribution in [0.2, 0.25) is 0 Å². The monoisotopic (exact) mass is 232 g/mol. The molecular weight excluding hydrogens is 212 g/mol. The predicted molar refractivity (Wildman–Crippen MR) is 60.4 cm³/mol. The second-order valence-corrected chi connectivity index (χ2v) is 7.57. The van der Waals surface area contributed by atoms with E-state index in [1.165, 1.54) is 0 Å². The van der Waals surface area contributed by atoms with Crippen molar-refractivity contribution < 1.29 is 8.42 Å². The highest BCUT2D eigenvalue weighted by Crippen LogP contribution is 2.33. The van der Waals surface area contributed by atoms with Crippen molar-refractivity contribution in [1.82, 2.24) is 4.90 Å². The number of likely N-dealkylation sites (tertiary alicyclic amines) is 1. The van der Waals surface area contributed by atoms with Crippen LogP contribution in [0.5, 0.6) is 0 Å². The predicted octanol–water partition coefficient (Wildman–Crippen LogP) is -0.0149. The van der Waals surface area contributed by atoms with E-state index in [2.05, 4.69) is 18.7 Å². The van der Waals surface area contributed by atoms with Crippen molar-refractivity contribution in [3.63, 3.8) is 0 Å². The molecule has 2 unspecified atom stereocenters. The quantitative estimate of drug-likeness (QED) is 0.690. The lowest BCUT2D eigenvalue weighted by atomic mass is 9.99. The molecule has 2 aliphatic heterocycles. The van der Waals surface area contributed by atoms with E-state index >= 15 is 0 Å². The number of nitrogens with two attached hydrogens (primary N) is 1. The lowest BCUT2D eigenvalue weighted by molar-refractivity contribution is 0.119. The average molecular weight is 232 g/mol. The van der Waals surface area contributed by atoms with Gasteiger partial charge in [0, 0.05) is 17.6 Å². The molecule has 2 aliphatic rings. The standard InChI is InChI=1S/C10H20N2O2S/c1-10(2)4-3-5-12(10)9-7-15(13,14)6-8(9)11/h8-9H,3-7,11H2,1-2H3. The molecule has 0 aromatic carbocycles. The summed E-state index contributed by atoms with van der Waals surface area (Å²) >= 11 is 0. The highest BCUT2D eigenvalue weighted by molar-refractivity contribution is 7.91. The van der Waals surface area contributed by atoms with Gasteiger partial charge in [0.2, 0.25) is 0 Å². The summed E-state index contributed by atoms with van der Waals surface area (Å²) in [6, 6.07) is -0.167. The van der Waals surface area contributed by atoms with Crippen molar-refractivity contribution in [3.05, 3.63) is 0 Å². The Hall–Kier alpha value is -0.130. The molecule has 0 aromatic rings. The highest BCUT2D eigenvalue weighted by atomic mass is 32.2. The van der Waals surface area contributed by atoms with Crippen molar-refractivity contribution in [3.8, 4) is 0 Å².